The van der Waals surface area contributed by atoms with Crippen LogP contribution in [-0.4, -0.2) is 23.9 Å². The number of aromatic nitrogens is 1. The van der Waals surface area contributed by atoms with E-state index in [0.717, 1.165) is 5.56 Å². The zero-order chi connectivity index (χ0) is 15.2. The maximum Gasteiger partial charge on any atom is 0.230 e. The molecule has 1 aromatic heterocycles. The average Bonchev–Trinajstić information content (AvgIpc) is 2.85. The van der Waals surface area contributed by atoms with Crippen LogP contribution in [0.3, 0.4) is 0 Å². The molecule has 0 fully saturated rings. The zero-order valence-corrected chi connectivity index (χ0v) is 12.3. The number of anilines is 1. The topological polar surface area (TPSA) is 94.3 Å². The standard InChI is InChI=1S/C14H15N3O3S/c1-20-11-4-2-3-9(5-11)6-13(19)17-14-16-10(8-21-14)7-12(15)18/h2-5,8H,6-7H2,1H3,(H2,15,18)(H,16,17,19). The van der Waals surface area contributed by atoms with E-state index in [1.807, 2.05) is 18.2 Å². The second-order valence-corrected chi connectivity index (χ2v) is 5.22. The van der Waals surface area contributed by atoms with E-state index in [9.17, 15) is 9.59 Å². The van der Waals surface area contributed by atoms with Crippen molar-refractivity contribution in [1.29, 1.82) is 0 Å². The number of ether oxygens (including phenoxy) is 1. The average molecular weight is 305 g/mol. The highest BCUT2D eigenvalue weighted by molar-refractivity contribution is 7.13. The normalized spacial score (nSPS) is 10.1. The number of carbonyl (C=O) groups excluding carboxylic acids is 2. The Kier molecular flexibility index (Phi) is 4.89. The number of hydrogen-bond acceptors (Lipinski definition) is 5. The fourth-order valence-corrected chi connectivity index (χ4v) is 2.48. The maximum absolute atomic E-state index is 11.9. The number of carbonyl (C=O) groups is 2. The number of hydrogen-bond donors (Lipinski definition) is 2. The van der Waals surface area contributed by atoms with E-state index in [1.54, 1.807) is 18.6 Å². The van der Waals surface area contributed by atoms with E-state index < -0.39 is 5.91 Å². The first kappa shape index (κ1) is 15.0. The minimum Gasteiger partial charge on any atom is -0.497 e. The van der Waals surface area contributed by atoms with Crippen LogP contribution in [0.1, 0.15) is 11.3 Å². The predicted molar refractivity (Wildman–Crippen MR) is 80.3 cm³/mol. The van der Waals surface area contributed by atoms with Crippen LogP contribution in [0.15, 0.2) is 29.6 Å². The first-order chi connectivity index (χ1) is 10.1. The number of rotatable bonds is 6. The van der Waals surface area contributed by atoms with Crippen molar-refractivity contribution in [3.05, 3.63) is 40.9 Å². The molecule has 110 valence electrons. The molecule has 3 N–H and O–H groups in total. The van der Waals surface area contributed by atoms with E-state index in [1.165, 1.54) is 11.3 Å². The molecule has 2 amide bonds. The smallest absolute Gasteiger partial charge is 0.230 e. The van der Waals surface area contributed by atoms with Crippen LogP contribution in [0, 0.1) is 0 Å². The summed E-state index contributed by atoms with van der Waals surface area (Å²) in [5.74, 6) is 0.0797. The number of methoxy groups -OCH3 is 1. The largest absolute Gasteiger partial charge is 0.497 e. The Morgan fingerprint density at radius 3 is 2.90 bits per heavy atom. The summed E-state index contributed by atoms with van der Waals surface area (Å²) >= 11 is 1.26. The van der Waals surface area contributed by atoms with E-state index in [2.05, 4.69) is 10.3 Å². The number of nitrogens with one attached hydrogen (secondary N) is 1. The fraction of sp³-hybridized carbons (Fsp3) is 0.214. The highest BCUT2D eigenvalue weighted by Crippen LogP contribution is 2.17. The predicted octanol–water partition coefficient (Wildman–Crippen LogP) is 1.36. The Balaban J connectivity index is 1.94. The van der Waals surface area contributed by atoms with Gasteiger partial charge in [0.15, 0.2) is 5.13 Å². The number of nitrogens with zero attached hydrogens (tertiary/aromatic N) is 1. The molecular weight excluding hydrogens is 290 g/mol. The molecule has 0 spiro atoms. The van der Waals surface area contributed by atoms with Crippen molar-refractivity contribution in [3.8, 4) is 5.75 Å². The van der Waals surface area contributed by atoms with Gasteiger partial charge in [0, 0.05) is 5.38 Å². The summed E-state index contributed by atoms with van der Waals surface area (Å²) in [6, 6.07) is 7.30. The molecule has 1 aromatic carbocycles. The van der Waals surface area contributed by atoms with Crippen molar-refractivity contribution in [3.63, 3.8) is 0 Å². The van der Waals surface area contributed by atoms with Crippen LogP contribution in [0.25, 0.3) is 0 Å². The molecule has 0 radical (unpaired) electrons. The van der Waals surface area contributed by atoms with Gasteiger partial charge in [-0.05, 0) is 17.7 Å². The SMILES string of the molecule is COc1cccc(CC(=O)Nc2nc(CC(N)=O)cs2)c1. The van der Waals surface area contributed by atoms with Crippen molar-refractivity contribution in [1.82, 2.24) is 4.98 Å². The highest BCUT2D eigenvalue weighted by atomic mass is 32.1. The summed E-state index contributed by atoms with van der Waals surface area (Å²) in [6.45, 7) is 0. The van der Waals surface area contributed by atoms with Gasteiger partial charge < -0.3 is 15.8 Å². The minimum absolute atomic E-state index is 0.0717. The number of thiazole rings is 1. The Labute approximate surface area is 125 Å². The van der Waals surface area contributed by atoms with Crippen molar-refractivity contribution >= 4 is 28.3 Å². The summed E-state index contributed by atoms with van der Waals surface area (Å²) in [7, 11) is 1.58. The summed E-state index contributed by atoms with van der Waals surface area (Å²) in [5.41, 5.74) is 6.50. The minimum atomic E-state index is -0.449. The van der Waals surface area contributed by atoms with E-state index in [4.69, 9.17) is 10.5 Å². The maximum atomic E-state index is 11.9. The first-order valence-electron chi connectivity index (χ1n) is 6.22. The Morgan fingerprint density at radius 1 is 1.38 bits per heavy atom. The molecule has 0 saturated carbocycles. The van der Waals surface area contributed by atoms with Crippen LogP contribution in [0.4, 0.5) is 5.13 Å². The van der Waals surface area contributed by atoms with Gasteiger partial charge in [-0.25, -0.2) is 4.98 Å². The van der Waals surface area contributed by atoms with Gasteiger partial charge in [0.25, 0.3) is 0 Å². The third-order valence-electron chi connectivity index (χ3n) is 2.65. The second-order valence-electron chi connectivity index (χ2n) is 4.36. The lowest BCUT2D eigenvalue weighted by molar-refractivity contribution is -0.117. The first-order valence-corrected chi connectivity index (χ1v) is 7.10. The van der Waals surface area contributed by atoms with Gasteiger partial charge in [0.1, 0.15) is 5.75 Å². The summed E-state index contributed by atoms with van der Waals surface area (Å²) in [6.07, 6.45) is 0.296. The van der Waals surface area contributed by atoms with E-state index >= 15 is 0 Å². The summed E-state index contributed by atoms with van der Waals surface area (Å²) in [5, 5.41) is 4.85. The van der Waals surface area contributed by atoms with Crippen LogP contribution in [0.2, 0.25) is 0 Å². The van der Waals surface area contributed by atoms with Crippen molar-refractivity contribution in [2.75, 3.05) is 12.4 Å². The van der Waals surface area contributed by atoms with Crippen molar-refractivity contribution in [2.45, 2.75) is 12.8 Å². The fourth-order valence-electron chi connectivity index (χ4n) is 1.76. The van der Waals surface area contributed by atoms with Crippen molar-refractivity contribution < 1.29 is 14.3 Å². The number of amides is 2. The third kappa shape index (κ3) is 4.57. The molecule has 0 aliphatic rings. The molecule has 7 heteroatoms. The van der Waals surface area contributed by atoms with Gasteiger partial charge >= 0.3 is 0 Å². The number of benzene rings is 1. The zero-order valence-electron chi connectivity index (χ0n) is 11.5. The lowest BCUT2D eigenvalue weighted by Crippen LogP contribution is -2.15. The Hall–Kier alpha value is -2.41. The molecule has 21 heavy (non-hydrogen) atoms. The summed E-state index contributed by atoms with van der Waals surface area (Å²) in [4.78, 5) is 26.9. The molecular formula is C14H15N3O3S. The molecule has 2 aromatic rings. The second kappa shape index (κ2) is 6.85. The van der Waals surface area contributed by atoms with Gasteiger partial charge in [0.05, 0.1) is 25.6 Å². The summed E-state index contributed by atoms with van der Waals surface area (Å²) < 4.78 is 5.11. The van der Waals surface area contributed by atoms with Gasteiger partial charge in [-0.3, -0.25) is 9.59 Å². The van der Waals surface area contributed by atoms with Crippen LogP contribution < -0.4 is 15.8 Å². The molecule has 0 atom stereocenters. The third-order valence-corrected chi connectivity index (χ3v) is 3.46. The van der Waals surface area contributed by atoms with Crippen LogP contribution >= 0.6 is 11.3 Å². The molecule has 6 nitrogen and oxygen atoms in total. The quantitative estimate of drug-likeness (QED) is 0.842. The number of primary amides is 1. The van der Waals surface area contributed by atoms with Crippen molar-refractivity contribution in [2.24, 2.45) is 5.73 Å². The Morgan fingerprint density at radius 2 is 2.19 bits per heavy atom. The monoisotopic (exact) mass is 305 g/mol. The van der Waals surface area contributed by atoms with Gasteiger partial charge in [-0.2, -0.15) is 0 Å². The van der Waals surface area contributed by atoms with E-state index in [-0.39, 0.29) is 18.7 Å². The van der Waals surface area contributed by atoms with Gasteiger partial charge in [-0.15, -0.1) is 11.3 Å². The lowest BCUT2D eigenvalue weighted by atomic mass is 10.1. The molecule has 0 aliphatic heterocycles. The molecule has 2 rings (SSSR count). The molecule has 0 saturated heterocycles. The van der Waals surface area contributed by atoms with Gasteiger partial charge in [0.2, 0.25) is 11.8 Å². The molecule has 0 bridgehead atoms. The van der Waals surface area contributed by atoms with Crippen LogP contribution in [0.5, 0.6) is 5.75 Å². The number of nitrogens with two attached hydrogens (primary N) is 1. The molecule has 0 unspecified atom stereocenters. The van der Waals surface area contributed by atoms with Gasteiger partial charge in [-0.1, -0.05) is 12.1 Å². The Bertz CT molecular complexity index is 654. The highest BCUT2D eigenvalue weighted by Gasteiger charge is 2.09. The molecule has 0 aliphatic carbocycles. The lowest BCUT2D eigenvalue weighted by Gasteiger charge is -2.04. The van der Waals surface area contributed by atoms with Crippen LogP contribution in [-0.2, 0) is 22.4 Å². The van der Waals surface area contributed by atoms with E-state index in [0.29, 0.717) is 16.6 Å². The molecule has 1 heterocycles.